The highest BCUT2D eigenvalue weighted by molar-refractivity contribution is 7.99. The maximum atomic E-state index is 11.4. The van der Waals surface area contributed by atoms with Crippen LogP contribution < -0.4 is 5.32 Å². The van der Waals surface area contributed by atoms with Crippen molar-refractivity contribution in [3.63, 3.8) is 0 Å². The molecule has 0 aliphatic carbocycles. The van der Waals surface area contributed by atoms with Crippen molar-refractivity contribution >= 4 is 17.7 Å². The minimum atomic E-state index is -0.912. The predicted molar refractivity (Wildman–Crippen MR) is 76.4 cm³/mol. The summed E-state index contributed by atoms with van der Waals surface area (Å²) in [5.74, 6) is -0.827. The first-order chi connectivity index (χ1) is 8.87. The summed E-state index contributed by atoms with van der Waals surface area (Å²) >= 11 is 1.50. The molecule has 0 aliphatic heterocycles. The summed E-state index contributed by atoms with van der Waals surface area (Å²) in [7, 11) is 0. The lowest BCUT2D eigenvalue weighted by atomic mass is 9.96. The van der Waals surface area contributed by atoms with Gasteiger partial charge in [-0.15, -0.1) is 0 Å². The third-order valence-electron chi connectivity index (χ3n) is 2.81. The second-order valence-electron chi connectivity index (χ2n) is 4.78. The van der Waals surface area contributed by atoms with Crippen LogP contribution in [-0.2, 0) is 4.79 Å². The van der Waals surface area contributed by atoms with Gasteiger partial charge in [0.25, 0.3) is 0 Å². The summed E-state index contributed by atoms with van der Waals surface area (Å²) in [6.07, 6.45) is 2.23. The van der Waals surface area contributed by atoms with Crippen LogP contribution in [0.1, 0.15) is 32.9 Å². The number of hydrogen-bond acceptors (Lipinski definition) is 5. The first-order valence-corrected chi connectivity index (χ1v) is 7.20. The molecule has 0 fully saturated rings. The van der Waals surface area contributed by atoms with E-state index in [-0.39, 0.29) is 5.25 Å². The molecule has 0 radical (unpaired) electrons. The van der Waals surface area contributed by atoms with Gasteiger partial charge in [0.1, 0.15) is 5.54 Å². The van der Waals surface area contributed by atoms with Gasteiger partial charge in [-0.2, -0.15) is 0 Å². The number of carboxylic acid groups (broad SMARTS) is 1. The predicted octanol–water partition coefficient (Wildman–Crippen LogP) is 2.11. The van der Waals surface area contributed by atoms with E-state index in [0.29, 0.717) is 18.1 Å². The van der Waals surface area contributed by atoms with Crippen LogP contribution in [-0.4, -0.2) is 38.4 Å². The smallest absolute Gasteiger partial charge is 0.323 e. The Bertz CT molecular complexity index is 442. The molecule has 0 aromatic carbocycles. The highest BCUT2D eigenvalue weighted by Crippen LogP contribution is 2.26. The zero-order valence-electron chi connectivity index (χ0n) is 11.8. The van der Waals surface area contributed by atoms with Crippen LogP contribution >= 0.6 is 11.8 Å². The molecule has 2 unspecified atom stereocenters. The Morgan fingerprint density at radius 1 is 1.63 bits per heavy atom. The Morgan fingerprint density at radius 2 is 2.32 bits per heavy atom. The van der Waals surface area contributed by atoms with E-state index in [2.05, 4.69) is 15.3 Å². The number of carbonyl (C=O) groups is 1. The maximum absolute atomic E-state index is 11.4. The van der Waals surface area contributed by atoms with E-state index in [0.717, 1.165) is 5.69 Å². The van der Waals surface area contributed by atoms with E-state index in [1.165, 1.54) is 11.8 Å². The number of nitrogens with one attached hydrogen (secondary N) is 1. The molecule has 0 spiro atoms. The Morgan fingerprint density at radius 3 is 2.84 bits per heavy atom. The molecule has 0 bridgehead atoms. The molecule has 1 aromatic rings. The summed E-state index contributed by atoms with van der Waals surface area (Å²) in [5, 5.41) is 13.2. The third-order valence-corrected chi connectivity index (χ3v) is 3.79. The lowest BCUT2D eigenvalue weighted by molar-refractivity contribution is -0.144. The summed E-state index contributed by atoms with van der Waals surface area (Å²) in [6.45, 7) is 8.15. The van der Waals surface area contributed by atoms with E-state index >= 15 is 0 Å². The van der Waals surface area contributed by atoms with Crippen molar-refractivity contribution in [1.29, 1.82) is 0 Å². The van der Waals surface area contributed by atoms with Gasteiger partial charge < -0.3 is 10.4 Å². The van der Waals surface area contributed by atoms with Crippen molar-refractivity contribution in [3.05, 3.63) is 18.0 Å². The van der Waals surface area contributed by atoms with Crippen LogP contribution in [0.2, 0.25) is 0 Å². The highest BCUT2D eigenvalue weighted by atomic mass is 32.2. The number of rotatable bonds is 7. The Kier molecular flexibility index (Phi) is 5.75. The van der Waals surface area contributed by atoms with Crippen LogP contribution in [0.4, 0.5) is 0 Å². The van der Waals surface area contributed by atoms with Crippen molar-refractivity contribution in [3.8, 4) is 0 Å². The van der Waals surface area contributed by atoms with Crippen LogP contribution in [0.5, 0.6) is 0 Å². The molecule has 2 atom stereocenters. The molecule has 1 aromatic heterocycles. The normalized spacial score (nSPS) is 15.8. The van der Waals surface area contributed by atoms with Gasteiger partial charge in [0.05, 0.1) is 0 Å². The molecule has 1 rings (SSSR count). The van der Waals surface area contributed by atoms with E-state index in [9.17, 15) is 9.90 Å². The number of aromatic nitrogens is 2. The van der Waals surface area contributed by atoms with Crippen LogP contribution in [0.25, 0.3) is 0 Å². The first kappa shape index (κ1) is 15.9. The Labute approximate surface area is 118 Å². The average Bonchev–Trinajstić information content (AvgIpc) is 2.28. The van der Waals surface area contributed by atoms with E-state index < -0.39 is 11.5 Å². The van der Waals surface area contributed by atoms with E-state index in [4.69, 9.17) is 0 Å². The van der Waals surface area contributed by atoms with Crippen LogP contribution in [0, 0.1) is 6.92 Å². The summed E-state index contributed by atoms with van der Waals surface area (Å²) in [4.78, 5) is 19.9. The zero-order valence-corrected chi connectivity index (χ0v) is 12.6. The number of aliphatic carboxylic acids is 1. The number of aryl methyl sites for hydroxylation is 1. The average molecular weight is 283 g/mol. The molecular formula is C13H21N3O2S. The number of hydrogen-bond donors (Lipinski definition) is 2. The lowest BCUT2D eigenvalue weighted by Gasteiger charge is -2.28. The first-order valence-electron chi connectivity index (χ1n) is 6.32. The Hall–Kier alpha value is -1.14. The SMILES string of the molecule is CCNC(C)(CC(C)Sc1nccc(C)n1)C(=O)O. The van der Waals surface area contributed by atoms with Gasteiger partial charge in [0.2, 0.25) is 0 Å². The molecule has 0 amide bonds. The van der Waals surface area contributed by atoms with Gasteiger partial charge in [0.15, 0.2) is 5.16 Å². The molecule has 6 heteroatoms. The van der Waals surface area contributed by atoms with Gasteiger partial charge >= 0.3 is 5.97 Å². The number of nitrogens with zero attached hydrogens (tertiary/aromatic N) is 2. The fourth-order valence-corrected chi connectivity index (χ4v) is 3.00. The van der Waals surface area contributed by atoms with Gasteiger partial charge in [0, 0.05) is 17.1 Å². The van der Waals surface area contributed by atoms with Gasteiger partial charge in [-0.25, -0.2) is 9.97 Å². The largest absolute Gasteiger partial charge is 0.480 e. The zero-order chi connectivity index (χ0) is 14.5. The second kappa shape index (κ2) is 6.86. The van der Waals surface area contributed by atoms with E-state index in [1.807, 2.05) is 26.8 Å². The van der Waals surface area contributed by atoms with Crippen molar-refractivity contribution in [1.82, 2.24) is 15.3 Å². The molecule has 0 saturated heterocycles. The number of carboxylic acids is 1. The fraction of sp³-hybridized carbons (Fsp3) is 0.615. The van der Waals surface area contributed by atoms with Gasteiger partial charge in [-0.05, 0) is 32.9 Å². The quantitative estimate of drug-likeness (QED) is 0.589. The molecule has 5 nitrogen and oxygen atoms in total. The highest BCUT2D eigenvalue weighted by Gasteiger charge is 2.34. The van der Waals surface area contributed by atoms with E-state index in [1.54, 1.807) is 13.1 Å². The third kappa shape index (κ3) is 4.80. The minimum absolute atomic E-state index is 0.113. The fourth-order valence-electron chi connectivity index (χ4n) is 1.90. The molecule has 2 N–H and O–H groups in total. The number of thioether (sulfide) groups is 1. The summed E-state index contributed by atoms with van der Waals surface area (Å²) in [6, 6.07) is 1.84. The molecule has 0 aliphatic rings. The van der Waals surface area contributed by atoms with Crippen molar-refractivity contribution < 1.29 is 9.90 Å². The van der Waals surface area contributed by atoms with Crippen LogP contribution in [0.3, 0.4) is 0 Å². The molecular weight excluding hydrogens is 262 g/mol. The Balaban J connectivity index is 2.68. The number of likely N-dealkylation sites (N-methyl/N-ethyl adjacent to an activating group) is 1. The van der Waals surface area contributed by atoms with Crippen LogP contribution in [0.15, 0.2) is 17.4 Å². The van der Waals surface area contributed by atoms with Gasteiger partial charge in [-0.1, -0.05) is 25.6 Å². The summed E-state index contributed by atoms with van der Waals surface area (Å²) in [5.41, 5.74) is 0.00253. The topological polar surface area (TPSA) is 75.1 Å². The second-order valence-corrected chi connectivity index (χ2v) is 6.19. The van der Waals surface area contributed by atoms with Gasteiger partial charge in [-0.3, -0.25) is 4.79 Å². The lowest BCUT2D eigenvalue weighted by Crippen LogP contribution is -2.50. The standard InChI is InChI=1S/C13H21N3O2S/c1-5-15-13(4,11(17)18)8-10(3)19-12-14-7-6-9(2)16-12/h6-7,10,15H,5,8H2,1-4H3,(H,17,18). The minimum Gasteiger partial charge on any atom is -0.480 e. The monoisotopic (exact) mass is 283 g/mol. The summed E-state index contributed by atoms with van der Waals surface area (Å²) < 4.78 is 0. The molecule has 106 valence electrons. The van der Waals surface area contributed by atoms with Crippen molar-refractivity contribution in [2.24, 2.45) is 0 Å². The maximum Gasteiger partial charge on any atom is 0.323 e. The molecule has 1 heterocycles. The molecule has 19 heavy (non-hydrogen) atoms. The van der Waals surface area contributed by atoms with Crippen molar-refractivity contribution in [2.45, 2.75) is 50.1 Å². The molecule has 0 saturated carbocycles. The van der Waals surface area contributed by atoms with Crippen molar-refractivity contribution in [2.75, 3.05) is 6.54 Å².